The fourth-order valence-corrected chi connectivity index (χ4v) is 1.60. The van der Waals surface area contributed by atoms with Crippen LogP contribution in [0.1, 0.15) is 5.82 Å². The molecule has 0 aliphatic carbocycles. The largest absolute Gasteiger partial charge is 0.388 e. The van der Waals surface area contributed by atoms with Crippen molar-refractivity contribution in [3.8, 4) is 5.69 Å². The third-order valence-electron chi connectivity index (χ3n) is 2.01. The van der Waals surface area contributed by atoms with Crippen LogP contribution in [0.2, 0.25) is 0 Å². The average Bonchev–Trinajstić information content (AvgIpc) is 2.71. The standard InChI is InChI=1S/C9H6BrF2N3O/c10-5-1-8(7(12)2-6(5)11)15-4-13-14-9(15)3-16/h1-2,4,16H,3H2. The van der Waals surface area contributed by atoms with Gasteiger partial charge in [-0.3, -0.25) is 4.57 Å². The van der Waals surface area contributed by atoms with Gasteiger partial charge in [-0.2, -0.15) is 0 Å². The summed E-state index contributed by atoms with van der Waals surface area (Å²) in [6.07, 6.45) is 1.24. The number of hydrogen-bond acceptors (Lipinski definition) is 3. The third kappa shape index (κ3) is 1.83. The van der Waals surface area contributed by atoms with Gasteiger partial charge in [0.05, 0.1) is 10.2 Å². The lowest BCUT2D eigenvalue weighted by Gasteiger charge is -2.07. The lowest BCUT2D eigenvalue weighted by atomic mass is 10.3. The summed E-state index contributed by atoms with van der Waals surface area (Å²) in [5.74, 6) is -1.27. The van der Waals surface area contributed by atoms with Crippen molar-refractivity contribution in [2.75, 3.05) is 0 Å². The van der Waals surface area contributed by atoms with Crippen LogP contribution in [0.5, 0.6) is 0 Å². The molecule has 1 N–H and O–H groups in total. The highest BCUT2D eigenvalue weighted by atomic mass is 79.9. The van der Waals surface area contributed by atoms with Crippen LogP contribution in [-0.4, -0.2) is 19.9 Å². The Kier molecular flexibility index (Phi) is 2.97. The molecule has 0 saturated carbocycles. The molecule has 84 valence electrons. The molecule has 2 rings (SSSR count). The lowest BCUT2D eigenvalue weighted by Crippen LogP contribution is -2.03. The zero-order chi connectivity index (χ0) is 11.7. The SMILES string of the molecule is OCc1nncn1-c1cc(Br)c(F)cc1F. The first-order chi connectivity index (χ1) is 7.63. The number of halogens is 3. The van der Waals surface area contributed by atoms with Crippen molar-refractivity contribution in [1.29, 1.82) is 0 Å². The number of aromatic nitrogens is 3. The van der Waals surface area contributed by atoms with E-state index in [1.54, 1.807) is 0 Å². The van der Waals surface area contributed by atoms with Gasteiger partial charge in [0.2, 0.25) is 0 Å². The Labute approximate surface area is 97.7 Å². The van der Waals surface area contributed by atoms with Gasteiger partial charge in [0.15, 0.2) is 5.82 Å². The van der Waals surface area contributed by atoms with E-state index in [9.17, 15) is 8.78 Å². The summed E-state index contributed by atoms with van der Waals surface area (Å²) >= 11 is 2.95. The minimum atomic E-state index is -0.754. The summed E-state index contributed by atoms with van der Waals surface area (Å²) in [5.41, 5.74) is 0.0716. The molecule has 1 aromatic heterocycles. The van der Waals surface area contributed by atoms with Crippen LogP contribution in [0.3, 0.4) is 0 Å². The third-order valence-corrected chi connectivity index (χ3v) is 2.62. The first-order valence-corrected chi connectivity index (χ1v) is 5.07. The summed E-state index contributed by atoms with van der Waals surface area (Å²) in [6, 6.07) is 2.01. The number of benzene rings is 1. The van der Waals surface area contributed by atoms with Crippen LogP contribution in [0.15, 0.2) is 22.9 Å². The smallest absolute Gasteiger partial charge is 0.163 e. The van der Waals surface area contributed by atoms with Crippen LogP contribution in [0, 0.1) is 11.6 Å². The summed E-state index contributed by atoms with van der Waals surface area (Å²) in [4.78, 5) is 0. The van der Waals surface area contributed by atoms with Crippen LogP contribution >= 0.6 is 15.9 Å². The van der Waals surface area contributed by atoms with Gasteiger partial charge in [-0.25, -0.2) is 8.78 Å². The molecule has 0 saturated heterocycles. The van der Waals surface area contributed by atoms with E-state index in [1.807, 2.05) is 0 Å². The first-order valence-electron chi connectivity index (χ1n) is 4.28. The second-order valence-corrected chi connectivity index (χ2v) is 3.85. The molecule has 0 bridgehead atoms. The van der Waals surface area contributed by atoms with Crippen LogP contribution in [-0.2, 0) is 6.61 Å². The highest BCUT2D eigenvalue weighted by Crippen LogP contribution is 2.23. The molecule has 7 heteroatoms. The van der Waals surface area contributed by atoms with Crippen molar-refractivity contribution in [2.45, 2.75) is 6.61 Å². The Morgan fingerprint density at radius 3 is 2.75 bits per heavy atom. The van der Waals surface area contributed by atoms with Crippen LogP contribution < -0.4 is 0 Å². The van der Waals surface area contributed by atoms with E-state index >= 15 is 0 Å². The zero-order valence-corrected chi connectivity index (χ0v) is 9.45. The molecule has 1 heterocycles. The van der Waals surface area contributed by atoms with Crippen LogP contribution in [0.4, 0.5) is 8.78 Å². The van der Waals surface area contributed by atoms with Gasteiger partial charge in [-0.05, 0) is 22.0 Å². The van der Waals surface area contributed by atoms with Crippen molar-refractivity contribution in [3.05, 3.63) is 40.4 Å². The van der Waals surface area contributed by atoms with E-state index in [-0.39, 0.29) is 22.6 Å². The van der Waals surface area contributed by atoms with Gasteiger partial charge in [0.25, 0.3) is 0 Å². The Bertz CT molecular complexity index is 529. The molecule has 1 aromatic carbocycles. The van der Waals surface area contributed by atoms with E-state index in [4.69, 9.17) is 5.11 Å². The fourth-order valence-electron chi connectivity index (χ4n) is 1.26. The molecule has 4 nitrogen and oxygen atoms in total. The molecule has 0 atom stereocenters. The van der Waals surface area contributed by atoms with E-state index in [2.05, 4.69) is 26.1 Å². The van der Waals surface area contributed by atoms with Crippen molar-refractivity contribution in [1.82, 2.24) is 14.8 Å². The molecule has 0 spiro atoms. The zero-order valence-electron chi connectivity index (χ0n) is 7.86. The van der Waals surface area contributed by atoms with Crippen molar-refractivity contribution in [3.63, 3.8) is 0 Å². The first kappa shape index (κ1) is 11.2. The number of hydrogen-bond donors (Lipinski definition) is 1. The molecule has 0 radical (unpaired) electrons. The highest BCUT2D eigenvalue weighted by Gasteiger charge is 2.13. The number of rotatable bonds is 2. The molecule has 0 unspecified atom stereocenters. The van der Waals surface area contributed by atoms with Gasteiger partial charge in [0, 0.05) is 6.07 Å². The van der Waals surface area contributed by atoms with E-state index < -0.39 is 11.6 Å². The number of nitrogens with zero attached hydrogens (tertiary/aromatic N) is 3. The Morgan fingerprint density at radius 1 is 1.31 bits per heavy atom. The second kappa shape index (κ2) is 4.26. The molecular formula is C9H6BrF2N3O. The lowest BCUT2D eigenvalue weighted by molar-refractivity contribution is 0.268. The minimum Gasteiger partial charge on any atom is -0.388 e. The summed E-state index contributed by atoms with van der Waals surface area (Å²) < 4.78 is 27.9. The van der Waals surface area contributed by atoms with Gasteiger partial charge in [0.1, 0.15) is 24.6 Å². The number of aliphatic hydroxyl groups is 1. The molecule has 0 amide bonds. The molecule has 0 aliphatic heterocycles. The Balaban J connectivity index is 2.60. The minimum absolute atomic E-state index is 0.0716. The van der Waals surface area contributed by atoms with Gasteiger partial charge >= 0.3 is 0 Å². The second-order valence-electron chi connectivity index (χ2n) is 2.99. The quantitative estimate of drug-likeness (QED) is 0.858. The maximum Gasteiger partial charge on any atom is 0.163 e. The topological polar surface area (TPSA) is 50.9 Å². The van der Waals surface area contributed by atoms with Gasteiger partial charge in [-0.15, -0.1) is 10.2 Å². The summed E-state index contributed by atoms with van der Waals surface area (Å²) in [7, 11) is 0. The number of aliphatic hydroxyl groups excluding tert-OH is 1. The fraction of sp³-hybridized carbons (Fsp3) is 0.111. The predicted molar refractivity (Wildman–Crippen MR) is 54.9 cm³/mol. The molecule has 0 fully saturated rings. The maximum absolute atomic E-state index is 13.5. The van der Waals surface area contributed by atoms with E-state index in [1.165, 1.54) is 17.0 Å². The Hall–Kier alpha value is -1.34. The van der Waals surface area contributed by atoms with E-state index in [0.717, 1.165) is 6.07 Å². The van der Waals surface area contributed by atoms with Gasteiger partial charge in [-0.1, -0.05) is 0 Å². The van der Waals surface area contributed by atoms with Gasteiger partial charge < -0.3 is 5.11 Å². The monoisotopic (exact) mass is 289 g/mol. The molecule has 2 aromatic rings. The average molecular weight is 290 g/mol. The normalized spacial score (nSPS) is 10.8. The highest BCUT2D eigenvalue weighted by molar-refractivity contribution is 9.10. The molecule has 0 aliphatic rings. The summed E-state index contributed by atoms with van der Waals surface area (Å²) in [6.45, 7) is -0.381. The van der Waals surface area contributed by atoms with Crippen molar-refractivity contribution < 1.29 is 13.9 Å². The van der Waals surface area contributed by atoms with Crippen LogP contribution in [0.25, 0.3) is 5.69 Å². The maximum atomic E-state index is 13.5. The van der Waals surface area contributed by atoms with E-state index in [0.29, 0.717) is 0 Å². The summed E-state index contributed by atoms with van der Waals surface area (Å²) in [5, 5.41) is 16.1. The van der Waals surface area contributed by atoms with Crippen molar-refractivity contribution >= 4 is 15.9 Å². The Morgan fingerprint density at radius 2 is 2.06 bits per heavy atom. The van der Waals surface area contributed by atoms with Crippen molar-refractivity contribution in [2.24, 2.45) is 0 Å². The predicted octanol–water partition coefficient (Wildman–Crippen LogP) is 1.80. The molecular weight excluding hydrogens is 284 g/mol. The molecule has 16 heavy (non-hydrogen) atoms.